The average molecular weight is 679 g/mol. The van der Waals surface area contributed by atoms with Crippen LogP contribution in [0.2, 0.25) is 0 Å². The van der Waals surface area contributed by atoms with Crippen molar-refractivity contribution < 1.29 is 32.1 Å². The predicted molar refractivity (Wildman–Crippen MR) is 189 cm³/mol. The smallest absolute Gasteiger partial charge is 0.188 e. The molecule has 6 rings (SSSR count). The summed E-state index contributed by atoms with van der Waals surface area (Å²) in [6.07, 6.45) is -3.32. The van der Waals surface area contributed by atoms with E-state index in [1.165, 1.54) is 0 Å². The number of sulfone groups is 1. The summed E-state index contributed by atoms with van der Waals surface area (Å²) < 4.78 is 61.5. The van der Waals surface area contributed by atoms with E-state index in [0.29, 0.717) is 12.2 Å². The van der Waals surface area contributed by atoms with Crippen molar-refractivity contribution in [1.82, 2.24) is 0 Å². The molecule has 5 aromatic rings. The Kier molecular flexibility index (Phi) is 12.4. The highest BCUT2D eigenvalue weighted by Crippen LogP contribution is 2.34. The molecule has 5 aromatic carbocycles. The fourth-order valence-corrected chi connectivity index (χ4v) is 7.70. The monoisotopic (exact) mass is 678 g/mol. The lowest BCUT2D eigenvalue weighted by Gasteiger charge is -2.45. The molecular formula is C41H42O7S. The molecule has 0 spiro atoms. The van der Waals surface area contributed by atoms with E-state index in [4.69, 9.17) is 23.7 Å². The van der Waals surface area contributed by atoms with Crippen LogP contribution in [0, 0.1) is 0 Å². The molecule has 1 saturated heterocycles. The Bertz CT molecular complexity index is 1770. The fraction of sp³-hybridized carbons (Fsp3) is 0.268. The summed E-state index contributed by atoms with van der Waals surface area (Å²) in [6.45, 7) is 1.07. The molecule has 5 atom stereocenters. The van der Waals surface area contributed by atoms with Crippen LogP contribution in [-0.2, 0) is 65.7 Å². The lowest BCUT2D eigenvalue weighted by atomic mass is 9.98. The van der Waals surface area contributed by atoms with Gasteiger partial charge in [-0.2, -0.15) is 0 Å². The van der Waals surface area contributed by atoms with Crippen molar-refractivity contribution in [2.75, 3.05) is 6.61 Å². The summed E-state index contributed by atoms with van der Waals surface area (Å²) in [5, 5.41) is 0. The van der Waals surface area contributed by atoms with Crippen LogP contribution in [0.5, 0.6) is 0 Å². The average Bonchev–Trinajstić information content (AvgIpc) is 3.14. The molecule has 1 fully saturated rings. The molecule has 8 heteroatoms. The second kappa shape index (κ2) is 17.5. The first-order chi connectivity index (χ1) is 24.0. The van der Waals surface area contributed by atoms with Gasteiger partial charge in [0.1, 0.15) is 24.4 Å². The minimum absolute atomic E-state index is 0.0856. The van der Waals surface area contributed by atoms with Crippen LogP contribution in [0.1, 0.15) is 27.8 Å². The van der Waals surface area contributed by atoms with E-state index in [-0.39, 0.29) is 32.2 Å². The summed E-state index contributed by atoms with van der Waals surface area (Å²) in [5.41, 5.74) is 3.12. The SMILES string of the molecule is O=S(=O)(Cc1ccccc1)[C@H]1O[C@H](COCc2ccccc2)[C@@H](OCc2ccccc2)[C@H](OCc2ccccc2)[C@@H]1OCc1ccccc1. The van der Waals surface area contributed by atoms with Gasteiger partial charge in [-0.25, -0.2) is 8.42 Å². The Morgan fingerprint density at radius 3 is 1.27 bits per heavy atom. The molecule has 1 heterocycles. The van der Waals surface area contributed by atoms with Crippen LogP contribution in [0.3, 0.4) is 0 Å². The van der Waals surface area contributed by atoms with Gasteiger partial charge in [0, 0.05) is 0 Å². The van der Waals surface area contributed by atoms with Crippen molar-refractivity contribution in [1.29, 1.82) is 0 Å². The quantitative estimate of drug-likeness (QED) is 0.108. The second-order valence-electron chi connectivity index (χ2n) is 12.1. The molecule has 7 nitrogen and oxygen atoms in total. The number of hydrogen-bond donors (Lipinski definition) is 0. The largest absolute Gasteiger partial charge is 0.374 e. The Labute approximate surface area is 289 Å². The van der Waals surface area contributed by atoms with Gasteiger partial charge in [0.25, 0.3) is 0 Å². The lowest BCUT2D eigenvalue weighted by molar-refractivity contribution is -0.256. The fourth-order valence-electron chi connectivity index (χ4n) is 5.92. The molecular weight excluding hydrogens is 637 g/mol. The Balaban J connectivity index is 1.36. The Hall–Kier alpha value is -4.15. The van der Waals surface area contributed by atoms with Crippen molar-refractivity contribution in [3.05, 3.63) is 179 Å². The maximum Gasteiger partial charge on any atom is 0.188 e. The standard InChI is InChI=1S/C41H42O7S/c42-49(43,31-36-24-14-5-15-25-36)41-40(47-29-35-22-12-4-13-23-35)39(46-28-34-20-10-3-11-21-34)38(45-27-33-18-8-2-9-19-33)37(48-41)30-44-26-32-16-6-1-7-17-32/h1-25,37-41H,26-31H2/t37-,38-,39+,40+,41-/m1/s1. The highest BCUT2D eigenvalue weighted by Gasteiger charge is 2.53. The van der Waals surface area contributed by atoms with Gasteiger partial charge < -0.3 is 23.7 Å². The molecule has 254 valence electrons. The van der Waals surface area contributed by atoms with Gasteiger partial charge in [-0.1, -0.05) is 152 Å². The van der Waals surface area contributed by atoms with Crippen molar-refractivity contribution in [3.63, 3.8) is 0 Å². The van der Waals surface area contributed by atoms with Gasteiger partial charge in [0.2, 0.25) is 0 Å². The normalized spacial score (nSPS) is 20.9. The second-order valence-corrected chi connectivity index (χ2v) is 14.2. The van der Waals surface area contributed by atoms with Crippen LogP contribution < -0.4 is 0 Å². The number of hydrogen-bond acceptors (Lipinski definition) is 7. The van der Waals surface area contributed by atoms with Crippen LogP contribution >= 0.6 is 0 Å². The first kappa shape index (κ1) is 34.7. The highest BCUT2D eigenvalue weighted by atomic mass is 32.2. The van der Waals surface area contributed by atoms with E-state index in [9.17, 15) is 8.42 Å². The van der Waals surface area contributed by atoms with Crippen molar-refractivity contribution in [3.8, 4) is 0 Å². The van der Waals surface area contributed by atoms with E-state index in [2.05, 4.69) is 0 Å². The molecule has 49 heavy (non-hydrogen) atoms. The molecule has 0 saturated carbocycles. The van der Waals surface area contributed by atoms with Crippen molar-refractivity contribution >= 4 is 9.84 Å². The predicted octanol–water partition coefficient (Wildman–Crippen LogP) is 7.30. The molecule has 0 unspecified atom stereocenters. The minimum atomic E-state index is -3.94. The lowest BCUT2D eigenvalue weighted by Crippen LogP contribution is -2.63. The van der Waals surface area contributed by atoms with Gasteiger partial charge in [-0.15, -0.1) is 0 Å². The van der Waals surface area contributed by atoms with Gasteiger partial charge in [-0.05, 0) is 27.8 Å². The number of benzene rings is 5. The number of ether oxygens (including phenoxy) is 5. The van der Waals surface area contributed by atoms with Gasteiger partial charge in [0.15, 0.2) is 15.3 Å². The molecule has 0 radical (unpaired) electrons. The topological polar surface area (TPSA) is 80.3 Å². The molecule has 0 N–H and O–H groups in total. The summed E-state index contributed by atoms with van der Waals surface area (Å²) >= 11 is 0. The first-order valence-corrected chi connectivity index (χ1v) is 18.3. The van der Waals surface area contributed by atoms with E-state index < -0.39 is 39.7 Å². The molecule has 1 aliphatic heterocycles. The van der Waals surface area contributed by atoms with Gasteiger partial charge in [0.05, 0.1) is 38.8 Å². The minimum Gasteiger partial charge on any atom is -0.374 e. The zero-order chi connectivity index (χ0) is 33.7. The van der Waals surface area contributed by atoms with Crippen LogP contribution in [-0.4, -0.2) is 44.9 Å². The summed E-state index contributed by atoms with van der Waals surface area (Å²) in [5.74, 6) is -0.220. The van der Waals surface area contributed by atoms with Crippen LogP contribution in [0.4, 0.5) is 0 Å². The van der Waals surface area contributed by atoms with E-state index in [0.717, 1.165) is 22.3 Å². The molecule has 0 amide bonds. The molecule has 0 aliphatic carbocycles. The Morgan fingerprint density at radius 1 is 0.449 bits per heavy atom. The van der Waals surface area contributed by atoms with Crippen molar-refractivity contribution in [2.24, 2.45) is 0 Å². The maximum atomic E-state index is 14.4. The van der Waals surface area contributed by atoms with E-state index >= 15 is 0 Å². The van der Waals surface area contributed by atoms with Crippen LogP contribution in [0.25, 0.3) is 0 Å². The third kappa shape index (κ3) is 9.95. The highest BCUT2D eigenvalue weighted by molar-refractivity contribution is 7.91. The molecule has 0 bridgehead atoms. The summed E-state index contributed by atoms with van der Waals surface area (Å²) in [7, 11) is -3.94. The zero-order valence-corrected chi connectivity index (χ0v) is 28.1. The summed E-state index contributed by atoms with van der Waals surface area (Å²) in [6, 6.07) is 48.3. The molecule has 1 aliphatic rings. The van der Waals surface area contributed by atoms with Gasteiger partial charge in [-0.3, -0.25) is 0 Å². The van der Waals surface area contributed by atoms with E-state index in [1.54, 1.807) is 12.1 Å². The van der Waals surface area contributed by atoms with Crippen molar-refractivity contribution in [2.45, 2.75) is 62.0 Å². The zero-order valence-electron chi connectivity index (χ0n) is 27.3. The van der Waals surface area contributed by atoms with E-state index in [1.807, 2.05) is 140 Å². The third-order valence-corrected chi connectivity index (χ3v) is 10.2. The third-order valence-electron chi connectivity index (χ3n) is 8.41. The van der Waals surface area contributed by atoms with Gasteiger partial charge >= 0.3 is 0 Å². The first-order valence-electron chi connectivity index (χ1n) is 16.5. The number of rotatable bonds is 16. The van der Waals surface area contributed by atoms with Crippen LogP contribution in [0.15, 0.2) is 152 Å². The summed E-state index contributed by atoms with van der Waals surface area (Å²) in [4.78, 5) is 0. The maximum absolute atomic E-state index is 14.4. The Morgan fingerprint density at radius 2 is 0.816 bits per heavy atom. The molecule has 0 aromatic heterocycles.